The van der Waals surface area contributed by atoms with E-state index in [1.165, 1.54) is 65.6 Å². The lowest BCUT2D eigenvalue weighted by molar-refractivity contribution is 1.20. The van der Waals surface area contributed by atoms with Gasteiger partial charge in [-0.3, -0.25) is 0 Å². The predicted molar refractivity (Wildman–Crippen MR) is 274 cm³/mol. The fourth-order valence-electron chi connectivity index (χ4n) is 10.1. The fourth-order valence-corrected chi connectivity index (χ4v) is 10.1. The van der Waals surface area contributed by atoms with Crippen LogP contribution in [-0.2, 0) is 0 Å². The summed E-state index contributed by atoms with van der Waals surface area (Å²) in [6.45, 7) is 0. The molecule has 3 nitrogen and oxygen atoms in total. The van der Waals surface area contributed by atoms with E-state index in [0.29, 0.717) is 0 Å². The Bertz CT molecular complexity index is 3830. The van der Waals surface area contributed by atoms with Crippen molar-refractivity contribution in [3.63, 3.8) is 0 Å². The van der Waals surface area contributed by atoms with E-state index in [2.05, 4.69) is 229 Å². The van der Waals surface area contributed by atoms with Gasteiger partial charge in [0.25, 0.3) is 0 Å². The number of aromatic nitrogens is 3. The van der Waals surface area contributed by atoms with E-state index in [-0.39, 0.29) is 0 Å². The summed E-state index contributed by atoms with van der Waals surface area (Å²) in [5.41, 5.74) is 16.0. The molecule has 0 saturated heterocycles. The van der Waals surface area contributed by atoms with Gasteiger partial charge < -0.3 is 4.57 Å². The van der Waals surface area contributed by atoms with Gasteiger partial charge in [-0.25, -0.2) is 9.97 Å². The van der Waals surface area contributed by atoms with Crippen LogP contribution in [0.15, 0.2) is 237 Å². The molecule has 302 valence electrons. The van der Waals surface area contributed by atoms with Gasteiger partial charge in [0.15, 0.2) is 0 Å². The van der Waals surface area contributed by atoms with Gasteiger partial charge in [0.1, 0.15) is 0 Å². The first-order valence-corrected chi connectivity index (χ1v) is 22.2. The van der Waals surface area contributed by atoms with Crippen molar-refractivity contribution in [2.45, 2.75) is 0 Å². The van der Waals surface area contributed by atoms with Crippen molar-refractivity contribution < 1.29 is 0 Å². The minimum atomic E-state index is 0.853. The summed E-state index contributed by atoms with van der Waals surface area (Å²) in [5.74, 6) is 0. The van der Waals surface area contributed by atoms with Crippen LogP contribution < -0.4 is 0 Å². The molecule has 65 heavy (non-hydrogen) atoms. The smallest absolute Gasteiger partial charge is 0.0979 e. The van der Waals surface area contributed by atoms with Crippen molar-refractivity contribution in [3.8, 4) is 61.6 Å². The summed E-state index contributed by atoms with van der Waals surface area (Å²) in [5, 5.41) is 9.81. The quantitative estimate of drug-likeness (QED) is 0.167. The second-order valence-corrected chi connectivity index (χ2v) is 16.9. The lowest BCUT2D eigenvalue weighted by Gasteiger charge is -2.17. The standard InChI is InChI=1S/C62H39N3/c1-3-15-40(16-4-1)46-37-47(41-17-5-2-6-18-41)39-48(38-46)42-27-29-45(30-28-42)61-62(64-55-26-14-13-25-54(55)63-61)53-33-36-56(52-24-12-11-23-51(52)53)65-57-34-31-43-19-7-9-21-49(43)59(57)60-50-22-10-8-20-44(50)32-35-58(60)65/h1-39H. The molecule has 0 fully saturated rings. The number of rotatable bonds is 6. The topological polar surface area (TPSA) is 30.7 Å². The van der Waals surface area contributed by atoms with Crippen LogP contribution >= 0.6 is 0 Å². The van der Waals surface area contributed by atoms with Gasteiger partial charge in [-0.15, -0.1) is 0 Å². The summed E-state index contributed by atoms with van der Waals surface area (Å²) in [6.07, 6.45) is 0. The number of hydrogen-bond acceptors (Lipinski definition) is 2. The van der Waals surface area contributed by atoms with Crippen LogP contribution in [0.3, 0.4) is 0 Å². The zero-order valence-corrected chi connectivity index (χ0v) is 35.4. The maximum absolute atomic E-state index is 5.43. The van der Waals surface area contributed by atoms with Crippen LogP contribution in [0.2, 0.25) is 0 Å². The second kappa shape index (κ2) is 15.0. The van der Waals surface area contributed by atoms with Crippen molar-refractivity contribution >= 4 is 65.2 Å². The first-order valence-electron chi connectivity index (χ1n) is 22.2. The van der Waals surface area contributed by atoms with Crippen molar-refractivity contribution in [1.29, 1.82) is 0 Å². The van der Waals surface area contributed by atoms with E-state index < -0.39 is 0 Å². The van der Waals surface area contributed by atoms with Gasteiger partial charge >= 0.3 is 0 Å². The highest BCUT2D eigenvalue weighted by Crippen LogP contribution is 2.44. The molecule has 0 radical (unpaired) electrons. The van der Waals surface area contributed by atoms with Gasteiger partial charge in [-0.05, 0) is 115 Å². The summed E-state index contributed by atoms with van der Waals surface area (Å²) in [7, 11) is 0. The lowest BCUT2D eigenvalue weighted by atomic mass is 9.92. The van der Waals surface area contributed by atoms with Crippen LogP contribution in [0, 0.1) is 0 Å². The van der Waals surface area contributed by atoms with Gasteiger partial charge in [-0.2, -0.15) is 0 Å². The highest BCUT2D eigenvalue weighted by Gasteiger charge is 2.22. The summed E-state index contributed by atoms with van der Waals surface area (Å²) in [4.78, 5) is 10.8. The largest absolute Gasteiger partial charge is 0.309 e. The van der Waals surface area contributed by atoms with Gasteiger partial charge in [-0.1, -0.05) is 182 Å². The Morgan fingerprint density at radius 2 is 0.708 bits per heavy atom. The lowest BCUT2D eigenvalue weighted by Crippen LogP contribution is -1.99. The van der Waals surface area contributed by atoms with Gasteiger partial charge in [0.2, 0.25) is 0 Å². The Morgan fingerprint density at radius 3 is 1.26 bits per heavy atom. The predicted octanol–water partition coefficient (Wildman–Crippen LogP) is 16.5. The molecule has 0 spiro atoms. The van der Waals surface area contributed by atoms with Crippen molar-refractivity contribution in [3.05, 3.63) is 237 Å². The van der Waals surface area contributed by atoms with Crippen LogP contribution in [0.25, 0.3) is 127 Å². The molecule has 3 heteroatoms. The Kier molecular flexibility index (Phi) is 8.53. The number of para-hydroxylation sites is 2. The molecule has 0 amide bonds. The van der Waals surface area contributed by atoms with E-state index in [1.54, 1.807) is 0 Å². The first kappa shape index (κ1) is 36.9. The van der Waals surface area contributed by atoms with Crippen LogP contribution in [-0.4, -0.2) is 14.5 Å². The third-order valence-corrected chi connectivity index (χ3v) is 13.2. The minimum absolute atomic E-state index is 0.853. The molecule has 0 atom stereocenters. The summed E-state index contributed by atoms with van der Waals surface area (Å²) in [6, 6.07) is 85.2. The van der Waals surface area contributed by atoms with E-state index in [1.807, 2.05) is 12.1 Å². The SMILES string of the molecule is c1ccc(-c2cc(-c3ccccc3)cc(-c3ccc(-c4nc5ccccc5nc4-c4ccc(-n5c6ccc7ccccc7c6c6c7ccccc7ccc65)c5ccccc45)cc3)c2)cc1. The molecule has 13 aromatic rings. The van der Waals surface area contributed by atoms with Crippen molar-refractivity contribution in [2.75, 3.05) is 0 Å². The number of fused-ring (bicyclic) bond motifs is 9. The first-order chi connectivity index (χ1) is 32.2. The van der Waals surface area contributed by atoms with Crippen LogP contribution in [0.5, 0.6) is 0 Å². The Balaban J connectivity index is 0.992. The zero-order valence-electron chi connectivity index (χ0n) is 35.4. The maximum atomic E-state index is 5.43. The number of nitrogens with zero attached hydrogens (tertiary/aromatic N) is 3. The minimum Gasteiger partial charge on any atom is -0.309 e. The summed E-state index contributed by atoms with van der Waals surface area (Å²) >= 11 is 0. The third kappa shape index (κ3) is 6.12. The zero-order chi connectivity index (χ0) is 42.8. The van der Waals surface area contributed by atoms with Crippen molar-refractivity contribution in [1.82, 2.24) is 14.5 Å². The second-order valence-electron chi connectivity index (χ2n) is 16.9. The molecule has 2 aromatic heterocycles. The Morgan fingerprint density at radius 1 is 0.277 bits per heavy atom. The number of hydrogen-bond donors (Lipinski definition) is 0. The molecule has 0 aliphatic heterocycles. The molecule has 0 N–H and O–H groups in total. The van der Waals surface area contributed by atoms with E-state index in [0.717, 1.165) is 61.1 Å². The molecule has 11 aromatic carbocycles. The average Bonchev–Trinajstić information content (AvgIpc) is 3.73. The van der Waals surface area contributed by atoms with E-state index in [9.17, 15) is 0 Å². The fraction of sp³-hybridized carbons (Fsp3) is 0. The summed E-state index contributed by atoms with van der Waals surface area (Å²) < 4.78 is 2.47. The number of benzene rings is 11. The van der Waals surface area contributed by atoms with E-state index >= 15 is 0 Å². The molecular formula is C62H39N3. The molecule has 0 aliphatic rings. The highest BCUT2D eigenvalue weighted by atomic mass is 15.0. The molecule has 0 saturated carbocycles. The Hall–Kier alpha value is -8.66. The molecular weight excluding hydrogens is 787 g/mol. The van der Waals surface area contributed by atoms with Gasteiger partial charge in [0, 0.05) is 27.3 Å². The molecule has 13 rings (SSSR count). The maximum Gasteiger partial charge on any atom is 0.0979 e. The highest BCUT2D eigenvalue weighted by molar-refractivity contribution is 6.29. The molecule has 0 unspecified atom stereocenters. The normalized spacial score (nSPS) is 11.7. The third-order valence-electron chi connectivity index (χ3n) is 13.2. The van der Waals surface area contributed by atoms with Crippen molar-refractivity contribution in [2.24, 2.45) is 0 Å². The molecule has 0 aliphatic carbocycles. The average molecular weight is 826 g/mol. The van der Waals surface area contributed by atoms with Gasteiger partial charge in [0.05, 0.1) is 39.1 Å². The van der Waals surface area contributed by atoms with Crippen LogP contribution in [0.1, 0.15) is 0 Å². The molecule has 2 heterocycles. The van der Waals surface area contributed by atoms with Crippen LogP contribution in [0.4, 0.5) is 0 Å². The molecule has 0 bridgehead atoms. The Labute approximate surface area is 376 Å². The van der Waals surface area contributed by atoms with E-state index in [4.69, 9.17) is 9.97 Å². The monoisotopic (exact) mass is 825 g/mol.